The highest BCUT2D eigenvalue weighted by Crippen LogP contribution is 2.21. The Hall–Kier alpha value is -1.71. The van der Waals surface area contributed by atoms with Gasteiger partial charge in [0.25, 0.3) is 0 Å². The lowest BCUT2D eigenvalue weighted by atomic mass is 10.0. The van der Waals surface area contributed by atoms with Crippen molar-refractivity contribution in [1.82, 2.24) is 4.98 Å². The van der Waals surface area contributed by atoms with Crippen LogP contribution in [-0.4, -0.2) is 17.2 Å². The summed E-state index contributed by atoms with van der Waals surface area (Å²) in [4.78, 5) is 4.41. The first-order valence-electron chi connectivity index (χ1n) is 5.42. The normalized spacial score (nSPS) is 10.7. The second-order valence-corrected chi connectivity index (χ2v) is 3.89. The second-order valence-electron chi connectivity index (χ2n) is 3.89. The third kappa shape index (κ3) is 2.35. The Labute approximate surface area is 100 Å². The molecule has 88 valence electrons. The molecule has 0 radical (unpaired) electrons. The van der Waals surface area contributed by atoms with Gasteiger partial charge in [-0.3, -0.25) is 4.98 Å². The van der Waals surface area contributed by atoms with Crippen molar-refractivity contribution in [2.75, 3.05) is 7.11 Å². The maximum absolute atomic E-state index is 9.23. The van der Waals surface area contributed by atoms with E-state index < -0.39 is 0 Å². The average Bonchev–Trinajstić information content (AvgIpc) is 2.38. The van der Waals surface area contributed by atoms with E-state index in [1.165, 1.54) is 0 Å². The van der Waals surface area contributed by atoms with Crippen molar-refractivity contribution in [2.45, 2.75) is 13.2 Å². The second kappa shape index (κ2) is 5.08. The molecule has 0 amide bonds. The summed E-state index contributed by atoms with van der Waals surface area (Å²) in [6.07, 6.45) is 3.54. The highest BCUT2D eigenvalue weighted by atomic mass is 16.5. The molecule has 0 aliphatic carbocycles. The lowest BCUT2D eigenvalue weighted by Gasteiger charge is -2.08. The molecule has 0 bridgehead atoms. The lowest BCUT2D eigenvalue weighted by Crippen LogP contribution is -1.95. The first-order valence-corrected chi connectivity index (χ1v) is 5.42. The number of aliphatic hydroxyl groups is 1. The zero-order valence-electron chi connectivity index (χ0n) is 9.81. The number of pyridine rings is 1. The Bertz CT molecular complexity index is 549. The van der Waals surface area contributed by atoms with E-state index in [-0.39, 0.29) is 6.61 Å². The summed E-state index contributed by atoms with van der Waals surface area (Å²) in [7, 11) is 1.65. The zero-order chi connectivity index (χ0) is 12.3. The largest absolute Gasteiger partial charge is 0.392 e. The summed E-state index contributed by atoms with van der Waals surface area (Å²) in [6, 6.07) is 5.87. The Morgan fingerprint density at radius 1 is 1.41 bits per heavy atom. The van der Waals surface area contributed by atoms with E-state index in [0.29, 0.717) is 6.61 Å². The number of fused-ring (bicyclic) bond motifs is 1. The first-order chi connectivity index (χ1) is 8.28. The molecule has 0 spiro atoms. The molecule has 1 heterocycles. The monoisotopic (exact) mass is 229 g/mol. The number of nitrogens with zero attached hydrogens (tertiary/aromatic N) is 1. The summed E-state index contributed by atoms with van der Waals surface area (Å²) in [5, 5.41) is 10.2. The smallest absolute Gasteiger partial charge is 0.0757 e. The molecule has 1 aromatic carbocycles. The van der Waals surface area contributed by atoms with E-state index >= 15 is 0 Å². The SMILES string of the molecule is C=Cc1cnc2c(COC)cc(CO)cc2c1. The van der Waals surface area contributed by atoms with Gasteiger partial charge in [0.15, 0.2) is 0 Å². The van der Waals surface area contributed by atoms with Crippen LogP contribution in [0.1, 0.15) is 16.7 Å². The minimum Gasteiger partial charge on any atom is -0.392 e. The summed E-state index contributed by atoms with van der Waals surface area (Å²) >= 11 is 0. The lowest BCUT2D eigenvalue weighted by molar-refractivity contribution is 0.185. The molecule has 1 aromatic heterocycles. The molecule has 0 unspecified atom stereocenters. The van der Waals surface area contributed by atoms with Crippen LogP contribution in [0.4, 0.5) is 0 Å². The molecule has 0 saturated heterocycles. The number of aliphatic hydroxyl groups excluding tert-OH is 1. The van der Waals surface area contributed by atoms with Gasteiger partial charge in [0.2, 0.25) is 0 Å². The zero-order valence-corrected chi connectivity index (χ0v) is 9.81. The molecule has 0 aliphatic heterocycles. The molecular formula is C14H15NO2. The molecule has 17 heavy (non-hydrogen) atoms. The number of benzene rings is 1. The maximum atomic E-state index is 9.23. The predicted molar refractivity (Wildman–Crippen MR) is 68.5 cm³/mol. The molecule has 2 aromatic rings. The van der Waals surface area contributed by atoms with Crippen molar-refractivity contribution in [3.05, 3.63) is 47.7 Å². The molecule has 0 aliphatic rings. The number of rotatable bonds is 4. The van der Waals surface area contributed by atoms with Crippen LogP contribution in [0.3, 0.4) is 0 Å². The highest BCUT2D eigenvalue weighted by Gasteiger charge is 2.05. The molecule has 3 nitrogen and oxygen atoms in total. The molecule has 0 atom stereocenters. The van der Waals surface area contributed by atoms with Gasteiger partial charge in [0.1, 0.15) is 0 Å². The molecule has 2 rings (SSSR count). The van der Waals surface area contributed by atoms with Gasteiger partial charge in [-0.1, -0.05) is 12.7 Å². The maximum Gasteiger partial charge on any atom is 0.0757 e. The fourth-order valence-corrected chi connectivity index (χ4v) is 1.88. The standard InChI is InChI=1S/C14H15NO2/c1-3-10-4-12-5-11(8-16)6-13(9-17-2)14(12)15-7-10/h3-7,16H,1,8-9H2,2H3. The molecule has 0 fully saturated rings. The van der Waals surface area contributed by atoms with Crippen molar-refractivity contribution in [3.63, 3.8) is 0 Å². The van der Waals surface area contributed by atoms with Gasteiger partial charge in [0.05, 0.1) is 18.7 Å². The third-order valence-electron chi connectivity index (χ3n) is 2.66. The van der Waals surface area contributed by atoms with Crippen molar-refractivity contribution in [3.8, 4) is 0 Å². The third-order valence-corrected chi connectivity index (χ3v) is 2.66. The van der Waals surface area contributed by atoms with Crippen molar-refractivity contribution in [1.29, 1.82) is 0 Å². The van der Waals surface area contributed by atoms with Gasteiger partial charge in [0, 0.05) is 24.3 Å². The van der Waals surface area contributed by atoms with Crippen LogP contribution in [-0.2, 0) is 18.0 Å². The molecular weight excluding hydrogens is 214 g/mol. The first kappa shape index (κ1) is 11.8. The van der Waals surface area contributed by atoms with Crippen molar-refractivity contribution < 1.29 is 9.84 Å². The summed E-state index contributed by atoms with van der Waals surface area (Å²) in [5.74, 6) is 0. The van der Waals surface area contributed by atoms with Crippen molar-refractivity contribution >= 4 is 17.0 Å². The van der Waals surface area contributed by atoms with Crippen LogP contribution in [0.2, 0.25) is 0 Å². The van der Waals surface area contributed by atoms with Gasteiger partial charge in [-0.05, 0) is 29.3 Å². The minimum atomic E-state index is 0.0188. The summed E-state index contributed by atoms with van der Waals surface area (Å²) in [6.45, 7) is 4.23. The van der Waals surface area contributed by atoms with E-state index in [4.69, 9.17) is 4.74 Å². The fraction of sp³-hybridized carbons (Fsp3) is 0.214. The fourth-order valence-electron chi connectivity index (χ4n) is 1.88. The van der Waals surface area contributed by atoms with E-state index in [1.54, 1.807) is 19.4 Å². The molecule has 3 heteroatoms. The van der Waals surface area contributed by atoms with E-state index in [1.807, 2.05) is 18.2 Å². The van der Waals surface area contributed by atoms with Gasteiger partial charge in [-0.15, -0.1) is 0 Å². The Morgan fingerprint density at radius 2 is 2.24 bits per heavy atom. The molecule has 0 saturated carbocycles. The Kier molecular flexibility index (Phi) is 3.52. The Balaban J connectivity index is 2.66. The van der Waals surface area contributed by atoms with E-state index in [0.717, 1.165) is 27.6 Å². The van der Waals surface area contributed by atoms with Crippen LogP contribution in [0, 0.1) is 0 Å². The van der Waals surface area contributed by atoms with Crippen LogP contribution in [0.15, 0.2) is 31.0 Å². The quantitative estimate of drug-likeness (QED) is 0.876. The van der Waals surface area contributed by atoms with Crippen LogP contribution in [0.25, 0.3) is 17.0 Å². The topological polar surface area (TPSA) is 42.4 Å². The van der Waals surface area contributed by atoms with Crippen molar-refractivity contribution in [2.24, 2.45) is 0 Å². The number of aromatic nitrogens is 1. The van der Waals surface area contributed by atoms with Gasteiger partial charge < -0.3 is 9.84 Å². The van der Waals surface area contributed by atoms with Crippen LogP contribution in [0.5, 0.6) is 0 Å². The van der Waals surface area contributed by atoms with E-state index in [2.05, 4.69) is 11.6 Å². The summed E-state index contributed by atoms with van der Waals surface area (Å²) in [5.41, 5.74) is 3.74. The van der Waals surface area contributed by atoms with Gasteiger partial charge >= 0.3 is 0 Å². The summed E-state index contributed by atoms with van der Waals surface area (Å²) < 4.78 is 5.15. The number of hydrogen-bond donors (Lipinski definition) is 1. The minimum absolute atomic E-state index is 0.0188. The number of ether oxygens (including phenoxy) is 1. The number of methoxy groups -OCH3 is 1. The van der Waals surface area contributed by atoms with Crippen LogP contribution >= 0.6 is 0 Å². The van der Waals surface area contributed by atoms with E-state index in [9.17, 15) is 5.11 Å². The predicted octanol–water partition coefficient (Wildman–Crippen LogP) is 2.52. The van der Waals surface area contributed by atoms with Crippen LogP contribution < -0.4 is 0 Å². The van der Waals surface area contributed by atoms with Gasteiger partial charge in [-0.25, -0.2) is 0 Å². The molecule has 1 N–H and O–H groups in total. The van der Waals surface area contributed by atoms with Gasteiger partial charge in [-0.2, -0.15) is 0 Å². The average molecular weight is 229 g/mol. The highest BCUT2D eigenvalue weighted by molar-refractivity contribution is 5.84. The Morgan fingerprint density at radius 3 is 2.88 bits per heavy atom. The number of hydrogen-bond acceptors (Lipinski definition) is 3.